The van der Waals surface area contributed by atoms with Gasteiger partial charge in [0.2, 0.25) is 0 Å². The van der Waals surface area contributed by atoms with Crippen LogP contribution in [0.3, 0.4) is 0 Å². The van der Waals surface area contributed by atoms with Gasteiger partial charge < -0.3 is 4.98 Å². The molecule has 1 N–H and O–H groups in total. The Morgan fingerprint density at radius 2 is 2.13 bits per heavy atom. The lowest BCUT2D eigenvalue weighted by Crippen LogP contribution is -2.11. The smallest absolute Gasteiger partial charge is 0.265 e. The maximum atomic E-state index is 11.5. The lowest BCUT2D eigenvalue weighted by molar-refractivity contribution is 1.05. The quantitative estimate of drug-likeness (QED) is 0.875. The minimum Gasteiger partial charge on any atom is -0.306 e. The van der Waals surface area contributed by atoms with Gasteiger partial charge >= 0.3 is 0 Å². The zero-order chi connectivity index (χ0) is 11.0. The van der Waals surface area contributed by atoms with Crippen molar-refractivity contribution in [3.63, 3.8) is 0 Å². The van der Waals surface area contributed by atoms with Gasteiger partial charge in [-0.15, -0.1) is 0 Å². The minimum absolute atomic E-state index is 0.136. The number of aryl methyl sites for hydroxylation is 2. The molecule has 0 aliphatic carbocycles. The first-order valence-electron chi connectivity index (χ1n) is 4.39. The van der Waals surface area contributed by atoms with Crippen molar-refractivity contribution < 1.29 is 0 Å². The molecule has 0 aliphatic heterocycles. The summed E-state index contributed by atoms with van der Waals surface area (Å²) < 4.78 is 0.499. The van der Waals surface area contributed by atoms with E-state index < -0.39 is 0 Å². The second-order valence-corrected chi connectivity index (χ2v) is 4.82. The van der Waals surface area contributed by atoms with Gasteiger partial charge in [0, 0.05) is 10.9 Å². The third-order valence-corrected chi connectivity index (χ3v) is 3.93. The zero-order valence-corrected chi connectivity index (χ0v) is 10.7. The maximum absolute atomic E-state index is 11.5. The SMILES string of the molecule is Cc1cscc1-c1nc(C)c(Br)c(=O)[nH]1. The summed E-state index contributed by atoms with van der Waals surface area (Å²) >= 11 is 4.79. The van der Waals surface area contributed by atoms with E-state index in [1.807, 2.05) is 24.6 Å². The Hall–Kier alpha value is -0.940. The molecule has 2 aromatic heterocycles. The standard InChI is InChI=1S/C10H9BrN2OS/c1-5-3-15-4-7(5)9-12-6(2)8(11)10(14)13-9/h3-4H,1-2H3,(H,12,13,14). The Morgan fingerprint density at radius 3 is 2.67 bits per heavy atom. The molecule has 5 heteroatoms. The molecule has 0 bridgehead atoms. The van der Waals surface area contributed by atoms with E-state index in [1.54, 1.807) is 11.3 Å². The molecule has 0 unspecified atom stereocenters. The number of aromatic amines is 1. The van der Waals surface area contributed by atoms with Crippen LogP contribution >= 0.6 is 27.3 Å². The first-order valence-corrected chi connectivity index (χ1v) is 6.12. The first kappa shape index (κ1) is 10.6. The van der Waals surface area contributed by atoms with Gasteiger partial charge in [0.1, 0.15) is 10.3 Å². The Morgan fingerprint density at radius 1 is 1.40 bits per heavy atom. The van der Waals surface area contributed by atoms with Gasteiger partial charge in [0.05, 0.1) is 5.69 Å². The van der Waals surface area contributed by atoms with Crippen molar-refractivity contribution in [3.8, 4) is 11.4 Å². The molecule has 0 atom stereocenters. The molecule has 2 aromatic rings. The van der Waals surface area contributed by atoms with Crippen molar-refractivity contribution >= 4 is 27.3 Å². The van der Waals surface area contributed by atoms with Gasteiger partial charge in [0.25, 0.3) is 5.56 Å². The van der Waals surface area contributed by atoms with E-state index in [9.17, 15) is 4.79 Å². The first-order chi connectivity index (χ1) is 7.09. The second kappa shape index (κ2) is 3.90. The van der Waals surface area contributed by atoms with Crippen LogP contribution in [0, 0.1) is 13.8 Å². The Balaban J connectivity index is 2.66. The van der Waals surface area contributed by atoms with Gasteiger partial charge in [-0.25, -0.2) is 4.98 Å². The van der Waals surface area contributed by atoms with Crippen molar-refractivity contribution in [2.45, 2.75) is 13.8 Å². The number of halogens is 1. The van der Waals surface area contributed by atoms with Gasteiger partial charge in [-0.1, -0.05) is 0 Å². The molecule has 0 saturated heterocycles. The highest BCUT2D eigenvalue weighted by Crippen LogP contribution is 2.23. The lowest BCUT2D eigenvalue weighted by atomic mass is 10.2. The van der Waals surface area contributed by atoms with Crippen LogP contribution in [0.25, 0.3) is 11.4 Å². The van der Waals surface area contributed by atoms with Gasteiger partial charge in [-0.05, 0) is 40.7 Å². The fraction of sp³-hybridized carbons (Fsp3) is 0.200. The third-order valence-electron chi connectivity index (χ3n) is 2.14. The zero-order valence-electron chi connectivity index (χ0n) is 8.30. The molecule has 0 amide bonds. The van der Waals surface area contributed by atoms with Crippen LogP contribution in [0.5, 0.6) is 0 Å². The number of nitrogens with one attached hydrogen (secondary N) is 1. The monoisotopic (exact) mass is 284 g/mol. The van der Waals surface area contributed by atoms with Gasteiger partial charge in [-0.2, -0.15) is 11.3 Å². The summed E-state index contributed by atoms with van der Waals surface area (Å²) in [7, 11) is 0. The van der Waals surface area contributed by atoms with E-state index in [-0.39, 0.29) is 5.56 Å². The number of aromatic nitrogens is 2. The number of hydrogen-bond acceptors (Lipinski definition) is 3. The molecule has 0 saturated carbocycles. The van der Waals surface area contributed by atoms with Crippen molar-refractivity contribution in [1.29, 1.82) is 0 Å². The summed E-state index contributed by atoms with van der Waals surface area (Å²) in [6.07, 6.45) is 0. The predicted octanol–water partition coefficient (Wildman–Crippen LogP) is 2.88. The number of H-pyrrole nitrogens is 1. The van der Waals surface area contributed by atoms with Crippen LogP contribution in [0.15, 0.2) is 20.0 Å². The molecule has 2 heterocycles. The van der Waals surface area contributed by atoms with E-state index in [2.05, 4.69) is 25.9 Å². The topological polar surface area (TPSA) is 45.8 Å². The normalized spacial score (nSPS) is 10.6. The summed E-state index contributed by atoms with van der Waals surface area (Å²) in [6.45, 7) is 3.81. The van der Waals surface area contributed by atoms with Crippen LogP contribution in [0.4, 0.5) is 0 Å². The molecule has 15 heavy (non-hydrogen) atoms. The van der Waals surface area contributed by atoms with E-state index in [0.717, 1.165) is 11.1 Å². The van der Waals surface area contributed by atoms with Gasteiger partial charge in [-0.3, -0.25) is 4.79 Å². The van der Waals surface area contributed by atoms with E-state index in [0.29, 0.717) is 16.0 Å². The van der Waals surface area contributed by atoms with Crippen LogP contribution < -0.4 is 5.56 Å². The molecule has 0 aliphatic rings. The molecule has 3 nitrogen and oxygen atoms in total. The third kappa shape index (κ3) is 1.89. The Labute approximate surface area is 99.3 Å². The summed E-state index contributed by atoms with van der Waals surface area (Å²) in [6, 6.07) is 0. The van der Waals surface area contributed by atoms with Crippen LogP contribution in [0.2, 0.25) is 0 Å². The molecule has 0 radical (unpaired) electrons. The average molecular weight is 285 g/mol. The Bertz CT molecular complexity index is 559. The van der Waals surface area contributed by atoms with Crippen LogP contribution in [-0.4, -0.2) is 9.97 Å². The summed E-state index contributed by atoms with van der Waals surface area (Å²) in [5, 5.41) is 4.02. The predicted molar refractivity (Wildman–Crippen MR) is 65.3 cm³/mol. The summed E-state index contributed by atoms with van der Waals surface area (Å²) in [5.41, 5.74) is 2.69. The van der Waals surface area contributed by atoms with E-state index in [1.165, 1.54) is 0 Å². The fourth-order valence-electron chi connectivity index (χ4n) is 1.30. The number of thiophene rings is 1. The van der Waals surface area contributed by atoms with Crippen LogP contribution in [-0.2, 0) is 0 Å². The van der Waals surface area contributed by atoms with Crippen LogP contribution in [0.1, 0.15) is 11.3 Å². The molecule has 0 aromatic carbocycles. The Kier molecular flexibility index (Phi) is 2.75. The average Bonchev–Trinajstić information content (AvgIpc) is 2.60. The summed E-state index contributed by atoms with van der Waals surface area (Å²) in [4.78, 5) is 18.6. The maximum Gasteiger partial charge on any atom is 0.265 e. The lowest BCUT2D eigenvalue weighted by Gasteiger charge is -2.02. The highest BCUT2D eigenvalue weighted by Gasteiger charge is 2.09. The fourth-order valence-corrected chi connectivity index (χ4v) is 2.32. The summed E-state index contributed by atoms with van der Waals surface area (Å²) in [5.74, 6) is 0.638. The van der Waals surface area contributed by atoms with E-state index in [4.69, 9.17) is 0 Å². The van der Waals surface area contributed by atoms with Crippen molar-refractivity contribution in [2.75, 3.05) is 0 Å². The van der Waals surface area contributed by atoms with Gasteiger partial charge in [0.15, 0.2) is 0 Å². The molecular formula is C10H9BrN2OS. The largest absolute Gasteiger partial charge is 0.306 e. The number of hydrogen-bond donors (Lipinski definition) is 1. The molecule has 2 rings (SSSR count). The molecule has 0 spiro atoms. The second-order valence-electron chi connectivity index (χ2n) is 3.28. The molecule has 78 valence electrons. The van der Waals surface area contributed by atoms with E-state index >= 15 is 0 Å². The molecule has 0 fully saturated rings. The molecular weight excluding hydrogens is 276 g/mol. The highest BCUT2D eigenvalue weighted by molar-refractivity contribution is 9.10. The van der Waals surface area contributed by atoms with Crippen molar-refractivity contribution in [2.24, 2.45) is 0 Å². The highest BCUT2D eigenvalue weighted by atomic mass is 79.9. The minimum atomic E-state index is -0.136. The number of rotatable bonds is 1. The van der Waals surface area contributed by atoms with Crippen molar-refractivity contribution in [3.05, 3.63) is 36.8 Å². The number of nitrogens with zero attached hydrogens (tertiary/aromatic N) is 1. The van der Waals surface area contributed by atoms with Crippen molar-refractivity contribution in [1.82, 2.24) is 9.97 Å².